The molecule has 1 aliphatic carbocycles. The van der Waals surface area contributed by atoms with E-state index in [0.29, 0.717) is 17.8 Å². The standard InChI is InChI=1S/C18H28O/c1-11(2)17-13(4)18(5,6)16-8-7-14(9-15(16)17)12(3)10-19/h7-9,11-13,17,19H,10H2,1-6H3. The van der Waals surface area contributed by atoms with E-state index in [9.17, 15) is 5.11 Å². The van der Waals surface area contributed by atoms with E-state index in [0.717, 1.165) is 0 Å². The van der Waals surface area contributed by atoms with Crippen LogP contribution in [0, 0.1) is 11.8 Å². The number of hydrogen-bond donors (Lipinski definition) is 1. The third kappa shape index (κ3) is 2.23. The minimum absolute atomic E-state index is 0.226. The Morgan fingerprint density at radius 1 is 1.21 bits per heavy atom. The lowest BCUT2D eigenvalue weighted by molar-refractivity contribution is 0.273. The average molecular weight is 260 g/mol. The van der Waals surface area contributed by atoms with Gasteiger partial charge in [0.25, 0.3) is 0 Å². The van der Waals surface area contributed by atoms with Crippen LogP contribution in [0.4, 0.5) is 0 Å². The van der Waals surface area contributed by atoms with Crippen LogP contribution in [0.2, 0.25) is 0 Å². The van der Waals surface area contributed by atoms with Gasteiger partial charge in [0.15, 0.2) is 0 Å². The lowest BCUT2D eigenvalue weighted by atomic mass is 9.74. The molecule has 3 unspecified atom stereocenters. The van der Waals surface area contributed by atoms with Crippen molar-refractivity contribution < 1.29 is 5.11 Å². The maximum Gasteiger partial charge on any atom is 0.0497 e. The molecule has 0 fully saturated rings. The molecule has 2 rings (SSSR count). The van der Waals surface area contributed by atoms with Gasteiger partial charge in [-0.05, 0) is 39.9 Å². The maximum atomic E-state index is 9.37. The Morgan fingerprint density at radius 2 is 1.84 bits per heavy atom. The van der Waals surface area contributed by atoms with Crippen molar-refractivity contribution in [3.63, 3.8) is 0 Å². The molecule has 1 aromatic rings. The average Bonchev–Trinajstić information content (AvgIpc) is 2.56. The van der Waals surface area contributed by atoms with Gasteiger partial charge in [-0.25, -0.2) is 0 Å². The molecule has 106 valence electrons. The first-order valence-corrected chi connectivity index (χ1v) is 7.55. The fraction of sp³-hybridized carbons (Fsp3) is 0.667. The van der Waals surface area contributed by atoms with Gasteiger partial charge < -0.3 is 5.11 Å². The molecule has 3 atom stereocenters. The van der Waals surface area contributed by atoms with E-state index >= 15 is 0 Å². The van der Waals surface area contributed by atoms with Crippen LogP contribution in [0.3, 0.4) is 0 Å². The minimum atomic E-state index is 0.226. The summed E-state index contributed by atoms with van der Waals surface area (Å²) >= 11 is 0. The van der Waals surface area contributed by atoms with Crippen molar-refractivity contribution in [2.45, 2.75) is 58.8 Å². The molecular weight excluding hydrogens is 232 g/mol. The van der Waals surface area contributed by atoms with Crippen LogP contribution in [0.15, 0.2) is 18.2 Å². The largest absolute Gasteiger partial charge is 0.396 e. The zero-order valence-corrected chi connectivity index (χ0v) is 13.2. The predicted octanol–water partition coefficient (Wildman–Crippen LogP) is 4.45. The van der Waals surface area contributed by atoms with Crippen LogP contribution in [-0.4, -0.2) is 11.7 Å². The van der Waals surface area contributed by atoms with E-state index in [1.807, 2.05) is 0 Å². The van der Waals surface area contributed by atoms with Crippen molar-refractivity contribution in [3.8, 4) is 0 Å². The molecule has 0 radical (unpaired) electrons. The maximum absolute atomic E-state index is 9.37. The highest BCUT2D eigenvalue weighted by Gasteiger charge is 2.44. The summed E-state index contributed by atoms with van der Waals surface area (Å²) in [4.78, 5) is 0. The molecule has 1 heteroatoms. The molecular formula is C18H28O. The summed E-state index contributed by atoms with van der Waals surface area (Å²) < 4.78 is 0. The number of benzene rings is 1. The lowest BCUT2D eigenvalue weighted by Gasteiger charge is -2.29. The fourth-order valence-corrected chi connectivity index (χ4v) is 3.76. The summed E-state index contributed by atoms with van der Waals surface area (Å²) in [5.74, 6) is 2.20. The van der Waals surface area contributed by atoms with Crippen molar-refractivity contribution in [1.29, 1.82) is 0 Å². The van der Waals surface area contributed by atoms with Gasteiger partial charge in [0.05, 0.1) is 0 Å². The molecule has 1 aromatic carbocycles. The Hall–Kier alpha value is -0.820. The Bertz CT molecular complexity index is 459. The first-order valence-electron chi connectivity index (χ1n) is 7.55. The minimum Gasteiger partial charge on any atom is -0.396 e. The molecule has 0 aliphatic heterocycles. The zero-order valence-electron chi connectivity index (χ0n) is 13.2. The summed E-state index contributed by atoms with van der Waals surface area (Å²) in [5, 5.41) is 9.37. The highest BCUT2D eigenvalue weighted by Crippen LogP contribution is 2.53. The van der Waals surface area contributed by atoms with Gasteiger partial charge in [0.2, 0.25) is 0 Å². The van der Waals surface area contributed by atoms with Crippen LogP contribution in [0.1, 0.15) is 70.1 Å². The molecule has 0 amide bonds. The van der Waals surface area contributed by atoms with E-state index in [2.05, 4.69) is 59.7 Å². The molecule has 1 N–H and O–H groups in total. The second-order valence-corrected chi connectivity index (χ2v) is 7.21. The van der Waals surface area contributed by atoms with Crippen molar-refractivity contribution in [1.82, 2.24) is 0 Å². The van der Waals surface area contributed by atoms with E-state index < -0.39 is 0 Å². The summed E-state index contributed by atoms with van der Waals surface area (Å²) in [6.07, 6.45) is 0. The molecule has 0 spiro atoms. The van der Waals surface area contributed by atoms with Crippen LogP contribution >= 0.6 is 0 Å². The first-order chi connectivity index (χ1) is 8.80. The molecule has 0 aromatic heterocycles. The van der Waals surface area contributed by atoms with Gasteiger partial charge >= 0.3 is 0 Å². The van der Waals surface area contributed by atoms with Gasteiger partial charge in [-0.15, -0.1) is 0 Å². The number of fused-ring (bicyclic) bond motifs is 1. The Balaban J connectivity index is 2.54. The predicted molar refractivity (Wildman–Crippen MR) is 81.7 cm³/mol. The highest BCUT2D eigenvalue weighted by molar-refractivity contribution is 5.46. The van der Waals surface area contributed by atoms with Crippen LogP contribution < -0.4 is 0 Å². The number of aliphatic hydroxyl groups is 1. The smallest absolute Gasteiger partial charge is 0.0497 e. The van der Waals surface area contributed by atoms with Crippen molar-refractivity contribution >= 4 is 0 Å². The number of hydrogen-bond acceptors (Lipinski definition) is 1. The van der Waals surface area contributed by atoms with Gasteiger partial charge in [-0.2, -0.15) is 0 Å². The second kappa shape index (κ2) is 4.94. The summed E-state index contributed by atoms with van der Waals surface area (Å²) in [6.45, 7) is 14.1. The van der Waals surface area contributed by atoms with Crippen molar-refractivity contribution in [3.05, 3.63) is 34.9 Å². The topological polar surface area (TPSA) is 20.2 Å². The van der Waals surface area contributed by atoms with E-state index in [1.165, 1.54) is 16.7 Å². The first kappa shape index (κ1) is 14.6. The van der Waals surface area contributed by atoms with Gasteiger partial charge in [-0.1, -0.05) is 59.7 Å². The highest BCUT2D eigenvalue weighted by atomic mass is 16.3. The lowest BCUT2D eigenvalue weighted by Crippen LogP contribution is -2.24. The molecule has 1 nitrogen and oxygen atoms in total. The summed E-state index contributed by atoms with van der Waals surface area (Å²) in [5.41, 5.74) is 4.56. The third-order valence-electron chi connectivity index (χ3n) is 5.37. The SMILES string of the molecule is CC(CO)c1ccc2c(c1)C(C(C)C)C(C)C2(C)C. The van der Waals surface area contributed by atoms with E-state index in [-0.39, 0.29) is 17.9 Å². The monoisotopic (exact) mass is 260 g/mol. The quantitative estimate of drug-likeness (QED) is 0.851. The van der Waals surface area contributed by atoms with E-state index in [1.54, 1.807) is 0 Å². The van der Waals surface area contributed by atoms with Gasteiger partial charge in [0.1, 0.15) is 0 Å². The van der Waals surface area contributed by atoms with Crippen LogP contribution in [0.25, 0.3) is 0 Å². The molecule has 19 heavy (non-hydrogen) atoms. The van der Waals surface area contributed by atoms with Gasteiger partial charge in [-0.3, -0.25) is 0 Å². The Labute approximate surface area is 118 Å². The molecule has 0 heterocycles. The molecule has 0 saturated carbocycles. The molecule has 0 saturated heterocycles. The number of rotatable bonds is 3. The van der Waals surface area contributed by atoms with Crippen molar-refractivity contribution in [2.75, 3.05) is 6.61 Å². The summed E-state index contributed by atoms with van der Waals surface area (Å²) in [7, 11) is 0. The normalized spacial score (nSPS) is 26.5. The zero-order chi connectivity index (χ0) is 14.4. The Kier molecular flexibility index (Phi) is 3.79. The summed E-state index contributed by atoms with van der Waals surface area (Å²) in [6, 6.07) is 6.86. The second-order valence-electron chi connectivity index (χ2n) is 7.21. The number of aliphatic hydroxyl groups excluding tert-OH is 1. The Morgan fingerprint density at radius 3 is 2.37 bits per heavy atom. The van der Waals surface area contributed by atoms with Crippen LogP contribution in [-0.2, 0) is 5.41 Å². The van der Waals surface area contributed by atoms with E-state index in [4.69, 9.17) is 0 Å². The van der Waals surface area contributed by atoms with Crippen molar-refractivity contribution in [2.24, 2.45) is 11.8 Å². The third-order valence-corrected chi connectivity index (χ3v) is 5.37. The van der Waals surface area contributed by atoms with Crippen LogP contribution in [0.5, 0.6) is 0 Å². The van der Waals surface area contributed by atoms with Gasteiger partial charge in [0, 0.05) is 12.5 Å². The molecule has 0 bridgehead atoms. The fourth-order valence-electron chi connectivity index (χ4n) is 3.76. The molecule has 1 aliphatic rings.